The van der Waals surface area contributed by atoms with Gasteiger partial charge in [-0.05, 0) is 19.3 Å². The predicted octanol–water partition coefficient (Wildman–Crippen LogP) is 3.42. The van der Waals surface area contributed by atoms with Gasteiger partial charge in [-0.15, -0.1) is 0 Å². The summed E-state index contributed by atoms with van der Waals surface area (Å²) in [6.07, 6.45) is 5.24. The number of anilines is 2. The van der Waals surface area contributed by atoms with Crippen LogP contribution in [0.2, 0.25) is 5.02 Å². The summed E-state index contributed by atoms with van der Waals surface area (Å²) in [7, 11) is 2.82. The minimum Gasteiger partial charge on any atom is -0.495 e. The van der Waals surface area contributed by atoms with E-state index in [2.05, 4.69) is 15.2 Å². The summed E-state index contributed by atoms with van der Waals surface area (Å²) in [5.74, 6) is -0.402. The molecule has 0 amide bonds. The number of H-pyrrole nitrogens is 1. The Labute approximate surface area is 177 Å². The highest BCUT2D eigenvalue weighted by atomic mass is 35.5. The van der Waals surface area contributed by atoms with Crippen molar-refractivity contribution in [1.82, 2.24) is 15.2 Å². The molecule has 2 aromatic heterocycles. The van der Waals surface area contributed by atoms with Gasteiger partial charge < -0.3 is 24.4 Å². The Bertz CT molecular complexity index is 1090. The largest absolute Gasteiger partial charge is 0.495 e. The number of aromatic amines is 1. The van der Waals surface area contributed by atoms with Gasteiger partial charge in [0.1, 0.15) is 16.5 Å². The van der Waals surface area contributed by atoms with Crippen molar-refractivity contribution < 1.29 is 19.0 Å². The van der Waals surface area contributed by atoms with E-state index >= 15 is 4.39 Å². The van der Waals surface area contributed by atoms with Crippen molar-refractivity contribution in [3.05, 3.63) is 34.9 Å². The number of hydrogen-bond donors (Lipinski definition) is 2. The molecule has 10 heteroatoms. The highest BCUT2D eigenvalue weighted by Crippen LogP contribution is 2.47. The van der Waals surface area contributed by atoms with Crippen LogP contribution < -0.4 is 19.3 Å². The summed E-state index contributed by atoms with van der Waals surface area (Å²) in [5, 5.41) is 19.3. The maximum absolute atomic E-state index is 15.3. The molecular weight excluding hydrogens is 413 g/mol. The molecule has 30 heavy (non-hydrogen) atoms. The summed E-state index contributed by atoms with van der Waals surface area (Å²) in [6, 6.07) is 1.52. The second-order valence-corrected chi connectivity index (χ2v) is 7.87. The number of rotatable bonds is 4. The van der Waals surface area contributed by atoms with Crippen molar-refractivity contribution in [2.75, 3.05) is 24.0 Å². The van der Waals surface area contributed by atoms with Gasteiger partial charge in [-0.1, -0.05) is 11.6 Å². The maximum atomic E-state index is 15.3. The van der Waals surface area contributed by atoms with E-state index in [1.54, 1.807) is 12.4 Å². The molecule has 1 fully saturated rings. The average Bonchev–Trinajstić information content (AvgIpc) is 3.18. The van der Waals surface area contributed by atoms with Crippen LogP contribution in [0.15, 0.2) is 18.5 Å². The van der Waals surface area contributed by atoms with Crippen LogP contribution in [0.3, 0.4) is 0 Å². The van der Waals surface area contributed by atoms with Crippen molar-refractivity contribution in [2.24, 2.45) is 0 Å². The molecule has 5 rings (SSSR count). The van der Waals surface area contributed by atoms with Crippen LogP contribution in [0.1, 0.15) is 24.8 Å². The lowest BCUT2D eigenvalue weighted by Crippen LogP contribution is -2.58. The molecule has 2 aliphatic rings. The second kappa shape index (κ2) is 7.17. The van der Waals surface area contributed by atoms with E-state index in [9.17, 15) is 5.11 Å². The Balaban J connectivity index is 1.70. The van der Waals surface area contributed by atoms with E-state index in [4.69, 9.17) is 21.1 Å². The second-order valence-electron chi connectivity index (χ2n) is 7.49. The molecule has 1 atom stereocenters. The zero-order valence-electron chi connectivity index (χ0n) is 16.5. The van der Waals surface area contributed by atoms with Crippen molar-refractivity contribution in [3.63, 3.8) is 0 Å². The summed E-state index contributed by atoms with van der Waals surface area (Å²) in [6.45, 7) is 0.209. The number of fused-ring (bicyclic) bond motifs is 3. The van der Waals surface area contributed by atoms with Gasteiger partial charge in [0.25, 0.3) is 0 Å². The summed E-state index contributed by atoms with van der Waals surface area (Å²) >= 11 is 6.50. The number of aliphatic hydroxyl groups is 1. The zero-order chi connectivity index (χ0) is 21.0. The first-order valence-corrected chi connectivity index (χ1v) is 10.1. The lowest BCUT2D eigenvalue weighted by Gasteiger charge is -2.50. The van der Waals surface area contributed by atoms with Crippen molar-refractivity contribution in [2.45, 2.75) is 38.2 Å². The van der Waals surface area contributed by atoms with E-state index in [0.29, 0.717) is 5.65 Å². The smallest absolute Gasteiger partial charge is 0.208 e. The molecule has 0 radical (unpaired) electrons. The fourth-order valence-corrected chi connectivity index (χ4v) is 4.56. The molecule has 8 nitrogen and oxygen atoms in total. The molecule has 1 saturated carbocycles. The number of aliphatic hydroxyl groups excluding tert-OH is 1. The summed E-state index contributed by atoms with van der Waals surface area (Å²) in [5.41, 5.74) is 2.39. The first-order valence-electron chi connectivity index (χ1n) is 9.69. The van der Waals surface area contributed by atoms with Crippen LogP contribution in [0, 0.1) is 5.82 Å². The van der Waals surface area contributed by atoms with E-state index < -0.39 is 12.2 Å². The predicted molar refractivity (Wildman–Crippen MR) is 111 cm³/mol. The minimum absolute atomic E-state index is 0.0112. The Morgan fingerprint density at radius 3 is 2.63 bits per heavy atom. The van der Waals surface area contributed by atoms with Gasteiger partial charge in [0, 0.05) is 23.9 Å². The number of halogens is 2. The third-order valence-electron chi connectivity index (χ3n) is 5.96. The fraction of sp³-hybridized carbons (Fsp3) is 0.400. The number of nitrogens with one attached hydrogen (secondary N) is 1. The topological polar surface area (TPSA) is 86.7 Å². The highest BCUT2D eigenvalue weighted by molar-refractivity contribution is 6.35. The van der Waals surface area contributed by atoms with Crippen LogP contribution in [0.4, 0.5) is 15.8 Å². The number of hydrogen-bond acceptors (Lipinski definition) is 7. The molecule has 0 bridgehead atoms. The molecule has 1 aliphatic carbocycles. The minimum atomic E-state index is -1.13. The molecule has 2 N–H and O–H groups in total. The molecule has 3 heterocycles. The van der Waals surface area contributed by atoms with Crippen molar-refractivity contribution in [1.29, 1.82) is 0 Å². The van der Waals surface area contributed by atoms with Crippen LogP contribution in [0.5, 0.6) is 11.5 Å². The van der Waals surface area contributed by atoms with E-state index in [1.165, 1.54) is 25.2 Å². The monoisotopic (exact) mass is 433 g/mol. The molecule has 1 unspecified atom stereocenters. The van der Waals surface area contributed by atoms with Crippen LogP contribution >= 0.6 is 11.6 Å². The Kier molecular flexibility index (Phi) is 4.59. The number of nitrogens with zero attached hydrogens (tertiary/aromatic N) is 4. The SMILES string of the molecule is COc1cc(OC)c(Cl)c(N2Cc3cnc4[nH]ncc4c3N(C3CCC3)C2O)c1F. The van der Waals surface area contributed by atoms with E-state index in [-0.39, 0.29) is 34.8 Å². The lowest BCUT2D eigenvalue weighted by molar-refractivity contribution is 0.130. The average molecular weight is 434 g/mol. The standard InChI is InChI=1S/C20H21ClFN5O3/c1-29-13-6-14(30-2)16(22)18(15(13)21)26-9-10-7-23-19-12(8-24-25-19)17(10)27(20(26)28)11-4-3-5-11/h6-8,11,20,28H,3-5,9H2,1-2H3,(H,23,24,25). The molecule has 0 saturated heterocycles. The number of pyridine rings is 1. The molecule has 1 aliphatic heterocycles. The van der Waals surface area contributed by atoms with E-state index in [0.717, 1.165) is 35.9 Å². The van der Waals surface area contributed by atoms with Gasteiger partial charge in [-0.2, -0.15) is 5.10 Å². The summed E-state index contributed by atoms with van der Waals surface area (Å²) in [4.78, 5) is 7.87. The van der Waals surface area contributed by atoms with Gasteiger partial charge in [-0.3, -0.25) is 5.10 Å². The Hall–Kier alpha value is -2.78. The quantitative estimate of drug-likeness (QED) is 0.651. The van der Waals surface area contributed by atoms with Crippen molar-refractivity contribution in [3.8, 4) is 11.5 Å². The van der Waals surface area contributed by atoms with Gasteiger partial charge in [0.15, 0.2) is 17.2 Å². The van der Waals surface area contributed by atoms with Crippen LogP contribution in [0.25, 0.3) is 11.0 Å². The highest BCUT2D eigenvalue weighted by Gasteiger charge is 2.41. The molecule has 158 valence electrons. The number of aromatic nitrogens is 3. The van der Waals surface area contributed by atoms with Crippen LogP contribution in [-0.4, -0.2) is 46.9 Å². The first kappa shape index (κ1) is 19.2. The summed E-state index contributed by atoms with van der Waals surface area (Å²) < 4.78 is 25.8. The zero-order valence-corrected chi connectivity index (χ0v) is 17.3. The normalized spacial score (nSPS) is 19.0. The Morgan fingerprint density at radius 2 is 1.97 bits per heavy atom. The van der Waals surface area contributed by atoms with Gasteiger partial charge in [0.2, 0.25) is 6.35 Å². The Morgan fingerprint density at radius 1 is 1.20 bits per heavy atom. The van der Waals surface area contributed by atoms with E-state index in [1.807, 2.05) is 4.90 Å². The van der Waals surface area contributed by atoms with Gasteiger partial charge >= 0.3 is 0 Å². The molecule has 1 aromatic carbocycles. The van der Waals surface area contributed by atoms with Gasteiger partial charge in [0.05, 0.1) is 38.0 Å². The molecular formula is C20H21ClFN5O3. The molecule has 3 aromatic rings. The first-order chi connectivity index (χ1) is 14.5. The van der Waals surface area contributed by atoms with Crippen LogP contribution in [-0.2, 0) is 6.54 Å². The maximum Gasteiger partial charge on any atom is 0.208 e. The lowest BCUT2D eigenvalue weighted by atomic mass is 9.89. The third-order valence-corrected chi connectivity index (χ3v) is 6.33. The number of ether oxygens (including phenoxy) is 2. The number of methoxy groups -OCH3 is 2. The number of benzene rings is 1. The third kappa shape index (κ3) is 2.69. The van der Waals surface area contributed by atoms with Gasteiger partial charge in [-0.25, -0.2) is 9.37 Å². The molecule has 0 spiro atoms. The fourth-order valence-electron chi connectivity index (χ4n) is 4.23. The van der Waals surface area contributed by atoms with Crippen molar-refractivity contribution >= 4 is 34.0 Å².